The van der Waals surface area contributed by atoms with E-state index in [0.29, 0.717) is 12.0 Å². The second kappa shape index (κ2) is 8.76. The zero-order chi connectivity index (χ0) is 11.7. The molecule has 0 amide bonds. The number of hydrogen-bond acceptors (Lipinski definition) is 2. The summed E-state index contributed by atoms with van der Waals surface area (Å²) in [5.41, 5.74) is 0. The van der Waals surface area contributed by atoms with Crippen LogP contribution in [0.2, 0.25) is 0 Å². The molecule has 15 heavy (non-hydrogen) atoms. The Morgan fingerprint density at radius 3 is 2.33 bits per heavy atom. The summed E-state index contributed by atoms with van der Waals surface area (Å²) >= 11 is 0. The molecule has 1 atom stereocenters. The van der Waals surface area contributed by atoms with Gasteiger partial charge in [0.2, 0.25) is 0 Å². The molecule has 1 unspecified atom stereocenters. The van der Waals surface area contributed by atoms with Crippen molar-refractivity contribution in [3.05, 3.63) is 0 Å². The first-order chi connectivity index (χ1) is 7.15. The van der Waals surface area contributed by atoms with Crippen LogP contribution in [0.15, 0.2) is 0 Å². The van der Waals surface area contributed by atoms with Crippen LogP contribution in [0.5, 0.6) is 0 Å². The summed E-state index contributed by atoms with van der Waals surface area (Å²) in [7, 11) is 0. The van der Waals surface area contributed by atoms with Gasteiger partial charge in [0.25, 0.3) is 0 Å². The van der Waals surface area contributed by atoms with E-state index in [0.717, 1.165) is 32.6 Å². The van der Waals surface area contributed by atoms with E-state index in [1.165, 1.54) is 0 Å². The number of hydrogen-bond donors (Lipinski definition) is 1. The maximum Gasteiger partial charge on any atom is 0.0601 e. The number of rotatable bonds is 8. The third-order valence-corrected chi connectivity index (χ3v) is 2.62. The van der Waals surface area contributed by atoms with Crippen LogP contribution in [0.1, 0.15) is 34.1 Å². The lowest BCUT2D eigenvalue weighted by Gasteiger charge is -2.28. The number of likely N-dealkylation sites (N-methyl/N-ethyl adjacent to an activating group) is 1. The Kier molecular flexibility index (Phi) is 8.46. The average molecular weight is 210 g/mol. The fourth-order valence-electron chi connectivity index (χ4n) is 1.69. The minimum Gasteiger partial charge on any atom is -0.315 e. The quantitative estimate of drug-likeness (QED) is 0.616. The Bertz CT molecular complexity index is 181. The van der Waals surface area contributed by atoms with Crippen molar-refractivity contribution < 1.29 is 0 Å². The van der Waals surface area contributed by atoms with Crippen LogP contribution >= 0.6 is 0 Å². The highest BCUT2D eigenvalue weighted by Crippen LogP contribution is 2.02. The standard InChI is InChI=1S/C13H26N2/c1-6-9-15(8-3)13(7-2)11-14-10-12(4)5/h1,12-14H,7-11H2,2-5H3. The molecule has 0 saturated heterocycles. The van der Waals surface area contributed by atoms with Gasteiger partial charge in [0, 0.05) is 12.6 Å². The summed E-state index contributed by atoms with van der Waals surface area (Å²) in [6, 6.07) is 0.574. The lowest BCUT2D eigenvalue weighted by atomic mass is 10.1. The van der Waals surface area contributed by atoms with Crippen molar-refractivity contribution >= 4 is 0 Å². The molecule has 0 aliphatic heterocycles. The first kappa shape index (κ1) is 14.5. The van der Waals surface area contributed by atoms with Gasteiger partial charge in [-0.3, -0.25) is 4.90 Å². The third kappa shape index (κ3) is 6.54. The van der Waals surface area contributed by atoms with Gasteiger partial charge in [0.15, 0.2) is 0 Å². The summed E-state index contributed by atoms with van der Waals surface area (Å²) in [5, 5.41) is 3.50. The van der Waals surface area contributed by atoms with Crippen molar-refractivity contribution in [3.63, 3.8) is 0 Å². The van der Waals surface area contributed by atoms with Gasteiger partial charge in [0.05, 0.1) is 6.54 Å². The molecule has 0 aliphatic carbocycles. The lowest BCUT2D eigenvalue weighted by Crippen LogP contribution is -2.42. The molecular formula is C13H26N2. The van der Waals surface area contributed by atoms with E-state index in [9.17, 15) is 0 Å². The normalized spacial score (nSPS) is 13.1. The van der Waals surface area contributed by atoms with Crippen molar-refractivity contribution in [2.24, 2.45) is 5.92 Å². The SMILES string of the molecule is C#CCN(CC)C(CC)CNCC(C)C. The summed E-state index contributed by atoms with van der Waals surface area (Å²) in [4.78, 5) is 2.35. The topological polar surface area (TPSA) is 15.3 Å². The molecule has 88 valence electrons. The maximum atomic E-state index is 5.36. The molecule has 0 saturated carbocycles. The average Bonchev–Trinajstić information content (AvgIpc) is 2.21. The van der Waals surface area contributed by atoms with E-state index in [4.69, 9.17) is 6.42 Å². The lowest BCUT2D eigenvalue weighted by molar-refractivity contribution is 0.218. The summed E-state index contributed by atoms with van der Waals surface area (Å²) < 4.78 is 0. The molecule has 2 heteroatoms. The predicted octanol–water partition coefficient (Wildman–Crippen LogP) is 1.97. The molecule has 2 nitrogen and oxygen atoms in total. The molecule has 0 aromatic rings. The molecular weight excluding hydrogens is 184 g/mol. The van der Waals surface area contributed by atoms with Crippen LogP contribution in [0.3, 0.4) is 0 Å². The predicted molar refractivity (Wildman–Crippen MR) is 67.9 cm³/mol. The minimum atomic E-state index is 0.574. The monoisotopic (exact) mass is 210 g/mol. The molecule has 0 aliphatic rings. The van der Waals surface area contributed by atoms with E-state index >= 15 is 0 Å². The first-order valence-electron chi connectivity index (χ1n) is 6.03. The molecule has 0 bridgehead atoms. The van der Waals surface area contributed by atoms with E-state index in [-0.39, 0.29) is 0 Å². The Hall–Kier alpha value is -0.520. The Morgan fingerprint density at radius 1 is 1.27 bits per heavy atom. The smallest absolute Gasteiger partial charge is 0.0601 e. The number of nitrogens with one attached hydrogen (secondary N) is 1. The van der Waals surface area contributed by atoms with Gasteiger partial charge < -0.3 is 5.32 Å². The van der Waals surface area contributed by atoms with Crippen molar-refractivity contribution in [3.8, 4) is 12.3 Å². The molecule has 0 aromatic heterocycles. The zero-order valence-electron chi connectivity index (χ0n) is 10.7. The van der Waals surface area contributed by atoms with Crippen LogP contribution < -0.4 is 5.32 Å². The van der Waals surface area contributed by atoms with Crippen molar-refractivity contribution in [2.45, 2.75) is 40.2 Å². The summed E-state index contributed by atoms with van der Waals surface area (Å²) in [6.07, 6.45) is 6.52. The number of nitrogens with zero attached hydrogens (tertiary/aromatic N) is 1. The summed E-state index contributed by atoms with van der Waals surface area (Å²) in [5.74, 6) is 3.44. The third-order valence-electron chi connectivity index (χ3n) is 2.62. The summed E-state index contributed by atoms with van der Waals surface area (Å²) in [6.45, 7) is 12.8. The van der Waals surface area contributed by atoms with Gasteiger partial charge in [-0.2, -0.15) is 0 Å². The zero-order valence-corrected chi connectivity index (χ0v) is 10.7. The van der Waals surface area contributed by atoms with Crippen LogP contribution in [0.4, 0.5) is 0 Å². The van der Waals surface area contributed by atoms with Crippen LogP contribution in [-0.2, 0) is 0 Å². The highest BCUT2D eigenvalue weighted by Gasteiger charge is 2.13. The highest BCUT2D eigenvalue weighted by molar-refractivity contribution is 4.90. The Labute approximate surface area is 95.4 Å². The van der Waals surface area contributed by atoms with Gasteiger partial charge in [-0.1, -0.05) is 33.6 Å². The van der Waals surface area contributed by atoms with Crippen LogP contribution in [0.25, 0.3) is 0 Å². The van der Waals surface area contributed by atoms with E-state index in [1.54, 1.807) is 0 Å². The fraction of sp³-hybridized carbons (Fsp3) is 0.846. The van der Waals surface area contributed by atoms with Crippen LogP contribution in [-0.4, -0.2) is 37.1 Å². The van der Waals surface area contributed by atoms with E-state index < -0.39 is 0 Å². The molecule has 0 heterocycles. The molecule has 0 fully saturated rings. The van der Waals surface area contributed by atoms with E-state index in [2.05, 4.69) is 43.8 Å². The van der Waals surface area contributed by atoms with Crippen molar-refractivity contribution in [1.29, 1.82) is 0 Å². The fourth-order valence-corrected chi connectivity index (χ4v) is 1.69. The molecule has 0 spiro atoms. The van der Waals surface area contributed by atoms with E-state index in [1.807, 2.05) is 0 Å². The highest BCUT2D eigenvalue weighted by atomic mass is 15.2. The van der Waals surface area contributed by atoms with Gasteiger partial charge in [0.1, 0.15) is 0 Å². The Balaban J connectivity index is 3.93. The second-order valence-corrected chi connectivity index (χ2v) is 4.38. The maximum absolute atomic E-state index is 5.36. The second-order valence-electron chi connectivity index (χ2n) is 4.38. The van der Waals surface area contributed by atoms with Crippen molar-refractivity contribution in [1.82, 2.24) is 10.2 Å². The first-order valence-corrected chi connectivity index (χ1v) is 6.03. The minimum absolute atomic E-state index is 0.574. The molecule has 0 aromatic carbocycles. The van der Waals surface area contributed by atoms with Gasteiger partial charge in [-0.25, -0.2) is 0 Å². The van der Waals surface area contributed by atoms with Gasteiger partial charge in [-0.05, 0) is 25.4 Å². The molecule has 0 radical (unpaired) electrons. The largest absolute Gasteiger partial charge is 0.315 e. The van der Waals surface area contributed by atoms with Crippen molar-refractivity contribution in [2.75, 3.05) is 26.2 Å². The molecule has 1 N–H and O–H groups in total. The molecule has 0 rings (SSSR count). The van der Waals surface area contributed by atoms with Crippen LogP contribution in [0, 0.1) is 18.3 Å². The van der Waals surface area contributed by atoms with Gasteiger partial charge in [-0.15, -0.1) is 6.42 Å². The Morgan fingerprint density at radius 2 is 1.93 bits per heavy atom. The van der Waals surface area contributed by atoms with Gasteiger partial charge >= 0.3 is 0 Å². The number of terminal acetylenes is 1.